The van der Waals surface area contributed by atoms with E-state index in [0.717, 1.165) is 16.7 Å². The van der Waals surface area contributed by atoms with Gasteiger partial charge in [-0.2, -0.15) is 0 Å². The number of fused-ring (bicyclic) bond motifs is 4. The predicted octanol–water partition coefficient (Wildman–Crippen LogP) is 2.67. The summed E-state index contributed by atoms with van der Waals surface area (Å²) in [5.74, 6) is 1.15. The lowest BCUT2D eigenvalue weighted by Gasteiger charge is -2.66. The van der Waals surface area contributed by atoms with E-state index < -0.39 is 26.4 Å². The molecular formula is C26H29N3O5S. The molecular weight excluding hydrogens is 466 g/mol. The van der Waals surface area contributed by atoms with E-state index in [-0.39, 0.29) is 11.9 Å². The van der Waals surface area contributed by atoms with Crippen molar-refractivity contribution in [1.82, 2.24) is 9.80 Å². The number of benzene rings is 2. The monoisotopic (exact) mass is 495 g/mol. The van der Waals surface area contributed by atoms with Crippen LogP contribution in [0.15, 0.2) is 46.3 Å². The molecule has 6 rings (SSSR count). The number of nitrogens with zero attached hydrogens (tertiary/aromatic N) is 3. The standard InChI is InChI=1S/C26H29N3O5S/c1-16-6-5-7-19(12-16)35(31,32)25-10-8-20-24(30)28-11-9-17-13-18(33-3)14-21(34-4)23(17)26(28,27-2)22(15-25)29(20)25/h5-7,12-14,20,22H,2,8-11,15H2,1,3-4H3/t20-,22+,25?,26-/m0/s1. The smallest absolute Gasteiger partial charge is 0.242 e. The van der Waals surface area contributed by atoms with Crippen LogP contribution < -0.4 is 9.47 Å². The van der Waals surface area contributed by atoms with Crippen LogP contribution in [0.25, 0.3) is 0 Å². The van der Waals surface area contributed by atoms with E-state index in [1.54, 1.807) is 38.5 Å². The highest BCUT2D eigenvalue weighted by Gasteiger charge is 2.76. The number of methoxy groups -OCH3 is 2. The van der Waals surface area contributed by atoms with Crippen molar-refractivity contribution in [2.75, 3.05) is 20.8 Å². The van der Waals surface area contributed by atoms with Crippen molar-refractivity contribution < 1.29 is 22.7 Å². The number of amides is 1. The number of carbonyl (C=O) groups excluding carboxylic acids is 1. The average molecular weight is 496 g/mol. The first-order valence-corrected chi connectivity index (χ1v) is 13.4. The molecule has 2 aromatic carbocycles. The highest BCUT2D eigenvalue weighted by atomic mass is 32.2. The van der Waals surface area contributed by atoms with Gasteiger partial charge in [0.05, 0.1) is 31.2 Å². The van der Waals surface area contributed by atoms with E-state index in [0.29, 0.717) is 48.6 Å². The number of rotatable bonds is 5. The molecule has 4 aliphatic heterocycles. The SMILES string of the molecule is C=N[C@]12c3c(cc(OC)cc3OC)CCN1C(=O)[C@@H]1CCC3(S(=O)(=O)c4cccc(C)c4)C[C@H]2N13. The minimum Gasteiger partial charge on any atom is -0.497 e. The van der Waals surface area contributed by atoms with Crippen LogP contribution in [0.4, 0.5) is 0 Å². The van der Waals surface area contributed by atoms with Crippen molar-refractivity contribution >= 4 is 22.5 Å². The van der Waals surface area contributed by atoms with Crippen molar-refractivity contribution in [2.45, 2.75) is 60.1 Å². The van der Waals surface area contributed by atoms with Crippen LogP contribution in [0.1, 0.15) is 36.0 Å². The van der Waals surface area contributed by atoms with Gasteiger partial charge in [0, 0.05) is 24.6 Å². The summed E-state index contributed by atoms with van der Waals surface area (Å²) < 4.78 is 39.4. The molecule has 4 aliphatic rings. The maximum absolute atomic E-state index is 14.1. The van der Waals surface area contributed by atoms with E-state index >= 15 is 0 Å². The molecule has 35 heavy (non-hydrogen) atoms. The van der Waals surface area contributed by atoms with Gasteiger partial charge >= 0.3 is 0 Å². The van der Waals surface area contributed by atoms with Crippen molar-refractivity contribution in [3.63, 3.8) is 0 Å². The molecule has 184 valence electrons. The Morgan fingerprint density at radius 2 is 1.97 bits per heavy atom. The van der Waals surface area contributed by atoms with Crippen LogP contribution in [0.3, 0.4) is 0 Å². The zero-order valence-electron chi connectivity index (χ0n) is 20.2. The fraction of sp³-hybridized carbons (Fsp3) is 0.462. The second kappa shape index (κ2) is 7.30. The zero-order valence-corrected chi connectivity index (χ0v) is 21.0. The molecule has 4 heterocycles. The molecule has 0 aromatic heterocycles. The lowest BCUT2D eigenvalue weighted by Crippen LogP contribution is -2.82. The lowest BCUT2D eigenvalue weighted by molar-refractivity contribution is -0.185. The summed E-state index contributed by atoms with van der Waals surface area (Å²) in [4.78, 5) is 21.5. The molecule has 2 aromatic rings. The first kappa shape index (κ1) is 22.5. The van der Waals surface area contributed by atoms with Crippen molar-refractivity contribution in [2.24, 2.45) is 4.99 Å². The van der Waals surface area contributed by atoms with Crippen molar-refractivity contribution in [3.8, 4) is 11.5 Å². The molecule has 1 amide bonds. The Morgan fingerprint density at radius 3 is 2.66 bits per heavy atom. The largest absolute Gasteiger partial charge is 0.497 e. The summed E-state index contributed by atoms with van der Waals surface area (Å²) in [6.07, 6.45) is 1.94. The second-order valence-electron chi connectivity index (χ2n) is 9.94. The number of aryl methyl sites for hydroxylation is 1. The van der Waals surface area contributed by atoms with Gasteiger partial charge in [0.25, 0.3) is 0 Å². The highest BCUT2D eigenvalue weighted by Crippen LogP contribution is 2.63. The second-order valence-corrected chi connectivity index (χ2v) is 12.2. The molecule has 0 bridgehead atoms. The fourth-order valence-electron chi connectivity index (χ4n) is 7.03. The number of carbonyl (C=O) groups is 1. The predicted molar refractivity (Wildman–Crippen MR) is 131 cm³/mol. The van der Waals surface area contributed by atoms with Gasteiger partial charge in [0.1, 0.15) is 16.4 Å². The average Bonchev–Trinajstić information content (AvgIpc) is 3.17. The molecule has 3 fully saturated rings. The Kier molecular flexibility index (Phi) is 4.70. The number of aliphatic imine (C=N–C) groups is 1. The molecule has 1 unspecified atom stereocenters. The molecule has 0 radical (unpaired) electrons. The molecule has 8 nitrogen and oxygen atoms in total. The van der Waals surface area contributed by atoms with Gasteiger partial charge in [0.2, 0.25) is 5.91 Å². The van der Waals surface area contributed by atoms with E-state index in [9.17, 15) is 13.2 Å². The van der Waals surface area contributed by atoms with Crippen LogP contribution in [0, 0.1) is 6.92 Å². The summed E-state index contributed by atoms with van der Waals surface area (Å²) in [5.41, 5.74) is 1.54. The molecule has 9 heteroatoms. The van der Waals surface area contributed by atoms with E-state index in [4.69, 9.17) is 9.47 Å². The molecule has 0 spiro atoms. The molecule has 0 aliphatic carbocycles. The van der Waals surface area contributed by atoms with Gasteiger partial charge in [0.15, 0.2) is 15.5 Å². The Morgan fingerprint density at radius 1 is 1.17 bits per heavy atom. The number of hydrogen-bond acceptors (Lipinski definition) is 7. The van der Waals surface area contributed by atoms with Gasteiger partial charge in [-0.1, -0.05) is 12.1 Å². The molecule has 0 saturated carbocycles. The fourth-order valence-corrected chi connectivity index (χ4v) is 9.36. The third kappa shape index (κ3) is 2.57. The lowest BCUT2D eigenvalue weighted by atomic mass is 9.72. The topological polar surface area (TPSA) is 88.5 Å². The van der Waals surface area contributed by atoms with Gasteiger partial charge in [-0.05, 0) is 62.2 Å². The number of sulfone groups is 1. The molecule has 4 atom stereocenters. The van der Waals surface area contributed by atoms with Crippen molar-refractivity contribution in [3.05, 3.63) is 53.1 Å². The highest BCUT2D eigenvalue weighted by molar-refractivity contribution is 7.92. The van der Waals surface area contributed by atoms with Gasteiger partial charge in [-0.25, -0.2) is 8.42 Å². The van der Waals surface area contributed by atoms with Gasteiger partial charge in [-0.15, -0.1) is 0 Å². The Hall–Kier alpha value is -2.91. The van der Waals surface area contributed by atoms with Crippen LogP contribution in [0.2, 0.25) is 0 Å². The summed E-state index contributed by atoms with van der Waals surface area (Å²) in [6.45, 7) is 6.32. The van der Waals surface area contributed by atoms with Crippen LogP contribution in [-0.2, 0) is 26.7 Å². The zero-order chi connectivity index (χ0) is 24.8. The summed E-state index contributed by atoms with van der Waals surface area (Å²) in [7, 11) is -0.534. The van der Waals surface area contributed by atoms with E-state index in [1.807, 2.05) is 28.9 Å². The number of ether oxygens (including phenoxy) is 2. The minimum atomic E-state index is -3.72. The Labute approximate surface area is 205 Å². The third-order valence-corrected chi connectivity index (χ3v) is 11.0. The van der Waals surface area contributed by atoms with Crippen LogP contribution in [-0.4, -0.2) is 68.6 Å². The Balaban J connectivity index is 1.53. The maximum atomic E-state index is 14.1. The summed E-state index contributed by atoms with van der Waals surface area (Å²) in [5, 5.41) is 0. The number of piperazine rings is 1. The number of hydrogen-bond donors (Lipinski definition) is 0. The van der Waals surface area contributed by atoms with Crippen LogP contribution in [0.5, 0.6) is 11.5 Å². The van der Waals surface area contributed by atoms with Crippen LogP contribution >= 0.6 is 0 Å². The van der Waals surface area contributed by atoms with Gasteiger partial charge < -0.3 is 14.4 Å². The van der Waals surface area contributed by atoms with Gasteiger partial charge in [-0.3, -0.25) is 14.7 Å². The summed E-state index contributed by atoms with van der Waals surface area (Å²) >= 11 is 0. The van der Waals surface area contributed by atoms with Crippen molar-refractivity contribution in [1.29, 1.82) is 0 Å². The first-order valence-electron chi connectivity index (χ1n) is 11.9. The first-order chi connectivity index (χ1) is 16.7. The summed E-state index contributed by atoms with van der Waals surface area (Å²) in [6, 6.07) is 9.99. The van der Waals surface area contributed by atoms with E-state index in [2.05, 4.69) is 11.7 Å². The Bertz CT molecular complexity index is 1360. The third-order valence-electron chi connectivity index (χ3n) is 8.52. The minimum absolute atomic E-state index is 0.0850. The maximum Gasteiger partial charge on any atom is 0.242 e. The quantitative estimate of drug-likeness (QED) is 0.593. The molecule has 3 saturated heterocycles. The van der Waals surface area contributed by atoms with E-state index in [1.165, 1.54) is 0 Å². The molecule has 0 N–H and O–H groups in total. The normalized spacial score (nSPS) is 31.2.